The quantitative estimate of drug-likeness (QED) is 0.594. The van der Waals surface area contributed by atoms with E-state index in [0.29, 0.717) is 6.54 Å². The summed E-state index contributed by atoms with van der Waals surface area (Å²) in [5.74, 6) is 0.128. The summed E-state index contributed by atoms with van der Waals surface area (Å²) in [5.41, 5.74) is 3.06. The number of Topliss-reactive ketones (excluding diaryl/α,β-unsaturated/α-hetero) is 1. The first-order valence-corrected chi connectivity index (χ1v) is 8.97. The Balaban J connectivity index is 1.70. The van der Waals surface area contributed by atoms with Gasteiger partial charge in [-0.05, 0) is 24.3 Å². The Kier molecular flexibility index (Phi) is 3.60. The highest BCUT2D eigenvalue weighted by Gasteiger charge is 2.32. The summed E-state index contributed by atoms with van der Waals surface area (Å²) >= 11 is 0. The Morgan fingerprint density at radius 3 is 2.93 bits per heavy atom. The van der Waals surface area contributed by atoms with Gasteiger partial charge in [0.1, 0.15) is 28.6 Å². The summed E-state index contributed by atoms with van der Waals surface area (Å²) in [7, 11) is 1.62. The van der Waals surface area contributed by atoms with Crippen molar-refractivity contribution < 1.29 is 24.5 Å². The lowest BCUT2D eigenvalue weighted by Crippen LogP contribution is -2.28. The Morgan fingerprint density at radius 1 is 1.25 bits per heavy atom. The lowest BCUT2D eigenvalue weighted by Gasteiger charge is -2.18. The molecule has 0 spiro atoms. The summed E-state index contributed by atoms with van der Waals surface area (Å²) < 4.78 is 13.3. The molecule has 0 unspecified atom stereocenters. The molecular formula is C21H18N2O5. The molecule has 28 heavy (non-hydrogen) atoms. The summed E-state index contributed by atoms with van der Waals surface area (Å²) in [5, 5.41) is 24.0. The van der Waals surface area contributed by atoms with E-state index in [4.69, 9.17) is 9.47 Å². The summed E-state index contributed by atoms with van der Waals surface area (Å²) in [4.78, 5) is 12.8. The number of nitrogens with one attached hydrogen (secondary N) is 1. The van der Waals surface area contributed by atoms with Crippen molar-refractivity contribution in [2.24, 2.45) is 0 Å². The zero-order chi connectivity index (χ0) is 19.4. The second kappa shape index (κ2) is 6.03. The molecule has 2 aliphatic rings. The Bertz CT molecular complexity index is 1180. The number of ether oxygens (including phenoxy) is 2. The average molecular weight is 378 g/mol. The predicted octanol–water partition coefficient (Wildman–Crippen LogP) is 2.78. The van der Waals surface area contributed by atoms with Crippen LogP contribution in [0.5, 0.6) is 23.0 Å². The molecule has 0 aliphatic carbocycles. The molecule has 0 bridgehead atoms. The average Bonchev–Trinajstić information content (AvgIpc) is 3.17. The van der Waals surface area contributed by atoms with Crippen LogP contribution in [0, 0.1) is 0 Å². The minimum Gasteiger partial charge on any atom is -0.508 e. The number of benzene rings is 2. The molecule has 5 rings (SSSR count). The first-order valence-electron chi connectivity index (χ1n) is 8.97. The summed E-state index contributed by atoms with van der Waals surface area (Å²) in [6.07, 6.45) is 1.71. The highest BCUT2D eigenvalue weighted by Crippen LogP contribution is 2.41. The third-order valence-corrected chi connectivity index (χ3v) is 5.24. The van der Waals surface area contributed by atoms with E-state index in [9.17, 15) is 15.0 Å². The van der Waals surface area contributed by atoms with Crippen LogP contribution in [-0.2, 0) is 13.1 Å². The molecular weight excluding hydrogens is 360 g/mol. The van der Waals surface area contributed by atoms with Crippen LogP contribution in [0.3, 0.4) is 0 Å². The van der Waals surface area contributed by atoms with Crippen LogP contribution < -0.4 is 14.8 Å². The van der Waals surface area contributed by atoms with Gasteiger partial charge in [0.2, 0.25) is 5.78 Å². The first-order chi connectivity index (χ1) is 13.6. The van der Waals surface area contributed by atoms with E-state index < -0.39 is 5.78 Å². The van der Waals surface area contributed by atoms with Gasteiger partial charge < -0.3 is 29.6 Å². The molecule has 2 aromatic carbocycles. The van der Waals surface area contributed by atoms with E-state index in [1.165, 1.54) is 6.07 Å². The predicted molar refractivity (Wildman–Crippen MR) is 103 cm³/mol. The smallest absolute Gasteiger partial charge is 0.235 e. The number of hydrogen-bond acceptors (Lipinski definition) is 6. The SMILES string of the molecule is COc1ccc2c(c1)c(/C=C1\Oc3cc(O)cc(O)c3C1=O)c1n2CCNC1. The second-order valence-electron chi connectivity index (χ2n) is 6.85. The van der Waals surface area contributed by atoms with Gasteiger partial charge in [-0.1, -0.05) is 0 Å². The molecule has 7 nitrogen and oxygen atoms in total. The fourth-order valence-electron chi connectivity index (χ4n) is 3.95. The van der Waals surface area contributed by atoms with Gasteiger partial charge in [0.15, 0.2) is 5.76 Å². The van der Waals surface area contributed by atoms with Gasteiger partial charge in [-0.15, -0.1) is 0 Å². The molecule has 0 saturated carbocycles. The van der Waals surface area contributed by atoms with Gasteiger partial charge in [-0.2, -0.15) is 0 Å². The highest BCUT2D eigenvalue weighted by molar-refractivity contribution is 6.17. The van der Waals surface area contributed by atoms with Crippen molar-refractivity contribution >= 4 is 22.8 Å². The molecule has 3 aromatic rings. The van der Waals surface area contributed by atoms with Gasteiger partial charge in [0, 0.05) is 53.9 Å². The zero-order valence-electron chi connectivity index (χ0n) is 15.2. The van der Waals surface area contributed by atoms with Crippen LogP contribution in [0.25, 0.3) is 17.0 Å². The van der Waals surface area contributed by atoms with Crippen molar-refractivity contribution in [2.45, 2.75) is 13.1 Å². The third-order valence-electron chi connectivity index (χ3n) is 5.24. The van der Waals surface area contributed by atoms with Gasteiger partial charge >= 0.3 is 0 Å². The van der Waals surface area contributed by atoms with E-state index in [0.717, 1.165) is 47.1 Å². The van der Waals surface area contributed by atoms with Crippen LogP contribution in [0.15, 0.2) is 36.1 Å². The minimum absolute atomic E-state index is 0.0668. The van der Waals surface area contributed by atoms with E-state index in [-0.39, 0.29) is 28.6 Å². The number of phenolic OH excluding ortho intramolecular Hbond substituents is 2. The number of carbonyl (C=O) groups is 1. The molecule has 142 valence electrons. The van der Waals surface area contributed by atoms with E-state index >= 15 is 0 Å². The van der Waals surface area contributed by atoms with Crippen LogP contribution >= 0.6 is 0 Å². The molecule has 3 heterocycles. The van der Waals surface area contributed by atoms with Gasteiger partial charge in [-0.3, -0.25) is 4.79 Å². The van der Waals surface area contributed by atoms with Crippen LogP contribution in [-0.4, -0.2) is 34.2 Å². The number of aromatic nitrogens is 1. The molecule has 0 amide bonds. The van der Waals surface area contributed by atoms with Crippen molar-refractivity contribution in [2.75, 3.05) is 13.7 Å². The fraction of sp³-hybridized carbons (Fsp3) is 0.190. The van der Waals surface area contributed by atoms with E-state index in [1.54, 1.807) is 13.2 Å². The standard InChI is InChI=1S/C21H18N2O5/c1-27-12-2-3-15-13(8-12)14(16-10-22-4-5-23(15)16)9-19-21(26)20-17(25)6-11(24)7-18(20)28-19/h2-3,6-9,22,24-25H,4-5,10H2,1H3/b19-9-. The topological polar surface area (TPSA) is 93.0 Å². The number of allylic oxidation sites excluding steroid dienone is 1. The zero-order valence-corrected chi connectivity index (χ0v) is 15.2. The van der Waals surface area contributed by atoms with Gasteiger partial charge in [0.05, 0.1) is 7.11 Å². The maximum atomic E-state index is 12.8. The molecule has 0 atom stereocenters. The second-order valence-corrected chi connectivity index (χ2v) is 6.85. The number of aromatic hydroxyl groups is 2. The normalized spacial score (nSPS) is 16.9. The Morgan fingerprint density at radius 2 is 2.11 bits per heavy atom. The maximum Gasteiger partial charge on any atom is 0.235 e. The van der Waals surface area contributed by atoms with Crippen molar-refractivity contribution in [3.8, 4) is 23.0 Å². The van der Waals surface area contributed by atoms with Gasteiger partial charge in [-0.25, -0.2) is 0 Å². The van der Waals surface area contributed by atoms with Crippen LogP contribution in [0.1, 0.15) is 21.6 Å². The number of fused-ring (bicyclic) bond motifs is 4. The molecule has 0 saturated heterocycles. The largest absolute Gasteiger partial charge is 0.508 e. The highest BCUT2D eigenvalue weighted by atomic mass is 16.5. The number of phenols is 2. The van der Waals surface area contributed by atoms with Crippen LogP contribution in [0.4, 0.5) is 0 Å². The molecule has 7 heteroatoms. The molecule has 3 N–H and O–H groups in total. The number of carbonyl (C=O) groups excluding carboxylic acids is 1. The third kappa shape index (κ3) is 2.36. The number of nitrogens with zero attached hydrogens (tertiary/aromatic N) is 1. The Hall–Kier alpha value is -3.45. The summed E-state index contributed by atoms with van der Waals surface area (Å²) in [6, 6.07) is 8.34. The molecule has 0 fully saturated rings. The number of hydrogen-bond donors (Lipinski definition) is 3. The number of methoxy groups -OCH3 is 1. The fourth-order valence-corrected chi connectivity index (χ4v) is 3.95. The molecule has 2 aliphatic heterocycles. The lowest BCUT2D eigenvalue weighted by molar-refractivity contribution is 0.101. The molecule has 0 radical (unpaired) electrons. The summed E-state index contributed by atoms with van der Waals surface area (Å²) in [6.45, 7) is 2.36. The van der Waals surface area contributed by atoms with Crippen molar-refractivity contribution in [1.82, 2.24) is 9.88 Å². The first kappa shape index (κ1) is 16.7. The Labute approximate surface area is 160 Å². The van der Waals surface area contributed by atoms with E-state index in [2.05, 4.69) is 9.88 Å². The number of ketones is 1. The molecule has 1 aromatic heterocycles. The van der Waals surface area contributed by atoms with Gasteiger partial charge in [0.25, 0.3) is 0 Å². The van der Waals surface area contributed by atoms with Crippen molar-refractivity contribution in [1.29, 1.82) is 0 Å². The lowest BCUT2D eigenvalue weighted by atomic mass is 10.1. The van der Waals surface area contributed by atoms with Crippen molar-refractivity contribution in [3.63, 3.8) is 0 Å². The minimum atomic E-state index is -0.410. The monoisotopic (exact) mass is 378 g/mol. The number of rotatable bonds is 2. The van der Waals surface area contributed by atoms with E-state index in [1.807, 2.05) is 18.2 Å². The maximum absolute atomic E-state index is 12.8. The van der Waals surface area contributed by atoms with Crippen molar-refractivity contribution in [3.05, 3.63) is 52.9 Å². The van der Waals surface area contributed by atoms with Crippen LogP contribution in [0.2, 0.25) is 0 Å².